The molecule has 1 rings (SSSR count). The van der Waals surface area contributed by atoms with Crippen molar-refractivity contribution in [3.8, 4) is 0 Å². The Morgan fingerprint density at radius 2 is 2.16 bits per heavy atom. The molecule has 0 aromatic carbocycles. The van der Waals surface area contributed by atoms with E-state index in [1.165, 1.54) is 0 Å². The zero-order valence-electron chi connectivity index (χ0n) is 11.9. The van der Waals surface area contributed by atoms with Crippen molar-refractivity contribution in [1.82, 2.24) is 10.2 Å². The molecule has 1 atom stereocenters. The van der Waals surface area contributed by atoms with Crippen molar-refractivity contribution in [1.29, 1.82) is 0 Å². The van der Waals surface area contributed by atoms with E-state index in [-0.39, 0.29) is 30.6 Å². The fraction of sp³-hybridized carbons (Fsp3) is 0.846. The predicted molar refractivity (Wildman–Crippen MR) is 71.1 cm³/mol. The lowest BCUT2D eigenvalue weighted by atomic mass is 9.93. The number of amides is 2. The van der Waals surface area contributed by atoms with Gasteiger partial charge in [0, 0.05) is 25.7 Å². The molecule has 0 aromatic rings. The summed E-state index contributed by atoms with van der Waals surface area (Å²) in [7, 11) is 0. The van der Waals surface area contributed by atoms with Gasteiger partial charge in [0.1, 0.15) is 0 Å². The summed E-state index contributed by atoms with van der Waals surface area (Å²) < 4.78 is 5.65. The van der Waals surface area contributed by atoms with Crippen LogP contribution in [-0.4, -0.2) is 53.3 Å². The van der Waals surface area contributed by atoms with Gasteiger partial charge in [-0.2, -0.15) is 0 Å². The van der Waals surface area contributed by atoms with Crippen molar-refractivity contribution in [3.63, 3.8) is 0 Å². The first-order valence-corrected chi connectivity index (χ1v) is 6.76. The van der Waals surface area contributed by atoms with E-state index in [1.807, 2.05) is 20.8 Å². The lowest BCUT2D eigenvalue weighted by molar-refractivity contribution is -0.136. The molecule has 1 aliphatic heterocycles. The molecule has 6 heteroatoms. The number of hydrogen-bond donors (Lipinski definition) is 2. The molecule has 110 valence electrons. The van der Waals surface area contributed by atoms with Crippen LogP contribution in [0.4, 0.5) is 4.79 Å². The average Bonchev–Trinajstić information content (AvgIpc) is 2.28. The summed E-state index contributed by atoms with van der Waals surface area (Å²) in [5.41, 5.74) is -0.211. The van der Waals surface area contributed by atoms with E-state index < -0.39 is 5.97 Å². The van der Waals surface area contributed by atoms with Crippen LogP contribution < -0.4 is 5.32 Å². The number of ether oxygens (including phenoxy) is 1. The predicted octanol–water partition coefficient (Wildman–Crippen LogP) is 1.45. The highest BCUT2D eigenvalue weighted by Crippen LogP contribution is 2.27. The van der Waals surface area contributed by atoms with E-state index in [0.717, 1.165) is 12.8 Å². The lowest BCUT2D eigenvalue weighted by Gasteiger charge is -2.40. The maximum absolute atomic E-state index is 12.0. The molecule has 0 saturated carbocycles. The normalized spacial score (nSPS) is 21.7. The minimum atomic E-state index is -0.907. The van der Waals surface area contributed by atoms with Gasteiger partial charge in [0.05, 0.1) is 12.0 Å². The fourth-order valence-electron chi connectivity index (χ4n) is 2.41. The van der Waals surface area contributed by atoms with Gasteiger partial charge in [-0.1, -0.05) is 0 Å². The summed E-state index contributed by atoms with van der Waals surface area (Å²) in [6.45, 7) is 7.40. The van der Waals surface area contributed by atoms with Crippen LogP contribution in [0.2, 0.25) is 0 Å². The summed E-state index contributed by atoms with van der Waals surface area (Å²) in [6, 6.07) is -0.0370. The van der Waals surface area contributed by atoms with E-state index in [9.17, 15) is 9.59 Å². The second-order valence-electron chi connectivity index (χ2n) is 5.42. The third-order valence-corrected chi connectivity index (χ3v) is 3.33. The number of carboxylic acids is 1. The molecular weight excluding hydrogens is 248 g/mol. The number of hydrogen-bond acceptors (Lipinski definition) is 3. The second-order valence-corrected chi connectivity index (χ2v) is 5.42. The van der Waals surface area contributed by atoms with Gasteiger partial charge >= 0.3 is 12.0 Å². The van der Waals surface area contributed by atoms with E-state index in [4.69, 9.17) is 9.84 Å². The third-order valence-electron chi connectivity index (χ3n) is 3.33. The molecule has 1 saturated heterocycles. The first kappa shape index (κ1) is 15.8. The molecule has 2 amide bonds. The van der Waals surface area contributed by atoms with Crippen molar-refractivity contribution in [2.75, 3.05) is 19.7 Å². The standard InChI is InChI=1S/C13H24N2O4/c1-4-15(12(18)14-7-5-11(16)17)10-6-8-19-13(2,3)9-10/h10H,4-9H2,1-3H3,(H,14,18)(H,16,17). The maximum Gasteiger partial charge on any atom is 0.317 e. The number of aliphatic carboxylic acids is 1. The molecule has 1 aliphatic rings. The van der Waals surface area contributed by atoms with Crippen molar-refractivity contribution in [3.05, 3.63) is 0 Å². The molecule has 1 fully saturated rings. The highest BCUT2D eigenvalue weighted by Gasteiger charge is 2.33. The number of carbonyl (C=O) groups excluding carboxylic acids is 1. The Hall–Kier alpha value is -1.30. The monoisotopic (exact) mass is 272 g/mol. The first-order chi connectivity index (χ1) is 8.85. The number of urea groups is 1. The van der Waals surface area contributed by atoms with Gasteiger partial charge in [-0.25, -0.2) is 4.79 Å². The van der Waals surface area contributed by atoms with Crippen LogP contribution in [0, 0.1) is 0 Å². The van der Waals surface area contributed by atoms with E-state index in [1.54, 1.807) is 4.90 Å². The Morgan fingerprint density at radius 1 is 1.47 bits per heavy atom. The van der Waals surface area contributed by atoms with Crippen LogP contribution in [0.25, 0.3) is 0 Å². The minimum Gasteiger partial charge on any atom is -0.481 e. The summed E-state index contributed by atoms with van der Waals surface area (Å²) in [5.74, 6) is -0.907. The van der Waals surface area contributed by atoms with Gasteiger partial charge in [0.2, 0.25) is 0 Å². The molecule has 6 nitrogen and oxygen atoms in total. The van der Waals surface area contributed by atoms with Crippen molar-refractivity contribution in [2.24, 2.45) is 0 Å². The van der Waals surface area contributed by atoms with Crippen LogP contribution in [-0.2, 0) is 9.53 Å². The van der Waals surface area contributed by atoms with Crippen molar-refractivity contribution >= 4 is 12.0 Å². The number of carboxylic acid groups (broad SMARTS) is 1. The average molecular weight is 272 g/mol. The van der Waals surface area contributed by atoms with Gasteiger partial charge in [-0.3, -0.25) is 4.79 Å². The van der Waals surface area contributed by atoms with Gasteiger partial charge in [0.15, 0.2) is 0 Å². The van der Waals surface area contributed by atoms with Crippen LogP contribution in [0.1, 0.15) is 40.0 Å². The van der Waals surface area contributed by atoms with Crippen LogP contribution in [0.5, 0.6) is 0 Å². The minimum absolute atomic E-state index is 0.0530. The van der Waals surface area contributed by atoms with Gasteiger partial charge in [0.25, 0.3) is 0 Å². The Morgan fingerprint density at radius 3 is 2.68 bits per heavy atom. The van der Waals surface area contributed by atoms with Crippen molar-refractivity contribution < 1.29 is 19.4 Å². The largest absolute Gasteiger partial charge is 0.481 e. The van der Waals surface area contributed by atoms with Crippen molar-refractivity contribution in [2.45, 2.75) is 51.7 Å². The zero-order valence-corrected chi connectivity index (χ0v) is 11.9. The summed E-state index contributed by atoms with van der Waals surface area (Å²) in [4.78, 5) is 24.2. The highest BCUT2D eigenvalue weighted by molar-refractivity contribution is 5.75. The molecule has 19 heavy (non-hydrogen) atoms. The second kappa shape index (κ2) is 6.75. The van der Waals surface area contributed by atoms with E-state index in [0.29, 0.717) is 13.2 Å². The summed E-state index contributed by atoms with van der Waals surface area (Å²) in [5, 5.41) is 11.2. The van der Waals surface area contributed by atoms with Crippen LogP contribution in [0.15, 0.2) is 0 Å². The Kier molecular flexibility index (Phi) is 5.60. The molecule has 0 aliphatic carbocycles. The number of rotatable bonds is 5. The molecule has 1 heterocycles. The number of nitrogens with one attached hydrogen (secondary N) is 1. The SMILES string of the molecule is CCN(C(=O)NCCC(=O)O)C1CCOC(C)(C)C1. The topological polar surface area (TPSA) is 78.9 Å². The molecular formula is C13H24N2O4. The molecule has 2 N–H and O–H groups in total. The molecule has 0 aromatic heterocycles. The fourth-order valence-corrected chi connectivity index (χ4v) is 2.41. The highest BCUT2D eigenvalue weighted by atomic mass is 16.5. The molecule has 1 unspecified atom stereocenters. The van der Waals surface area contributed by atoms with Gasteiger partial charge < -0.3 is 20.1 Å². The summed E-state index contributed by atoms with van der Waals surface area (Å²) in [6.07, 6.45) is 1.57. The zero-order chi connectivity index (χ0) is 14.5. The third kappa shape index (κ3) is 5.06. The number of nitrogens with zero attached hydrogens (tertiary/aromatic N) is 1. The van der Waals surface area contributed by atoms with Crippen LogP contribution >= 0.6 is 0 Å². The van der Waals surface area contributed by atoms with Gasteiger partial charge in [-0.15, -0.1) is 0 Å². The molecule has 0 spiro atoms. The Labute approximate surface area is 114 Å². The Balaban J connectivity index is 2.51. The van der Waals surface area contributed by atoms with E-state index >= 15 is 0 Å². The first-order valence-electron chi connectivity index (χ1n) is 6.76. The number of carbonyl (C=O) groups is 2. The van der Waals surface area contributed by atoms with E-state index in [2.05, 4.69) is 5.32 Å². The molecule has 0 bridgehead atoms. The Bertz CT molecular complexity index is 331. The molecule has 0 radical (unpaired) electrons. The maximum atomic E-state index is 12.0. The summed E-state index contributed by atoms with van der Waals surface area (Å²) >= 11 is 0. The van der Waals surface area contributed by atoms with Crippen LogP contribution in [0.3, 0.4) is 0 Å². The van der Waals surface area contributed by atoms with Gasteiger partial charge in [-0.05, 0) is 33.6 Å². The lowest BCUT2D eigenvalue weighted by Crippen LogP contribution is -2.51. The quantitative estimate of drug-likeness (QED) is 0.794. The smallest absolute Gasteiger partial charge is 0.317 e.